The number of aromatic nitrogens is 2. The predicted molar refractivity (Wildman–Crippen MR) is 142 cm³/mol. The fourth-order valence-electron chi connectivity index (χ4n) is 4.67. The number of carbonyl (C=O) groups is 3. The van der Waals surface area contributed by atoms with Crippen LogP contribution < -0.4 is 16.0 Å². The molecule has 1 aliphatic heterocycles. The van der Waals surface area contributed by atoms with Gasteiger partial charge < -0.3 is 10.6 Å². The summed E-state index contributed by atoms with van der Waals surface area (Å²) in [7, 11) is 0. The lowest BCUT2D eigenvalue weighted by Crippen LogP contribution is -2.25. The molecule has 1 aliphatic rings. The molecular formula is C29H24F3N5O3. The molecule has 2 heterocycles. The lowest BCUT2D eigenvalue weighted by Gasteiger charge is -2.13. The van der Waals surface area contributed by atoms with Crippen molar-refractivity contribution in [3.63, 3.8) is 0 Å². The molecule has 0 spiro atoms. The van der Waals surface area contributed by atoms with Crippen LogP contribution in [0.2, 0.25) is 0 Å². The van der Waals surface area contributed by atoms with Gasteiger partial charge in [0.1, 0.15) is 6.54 Å². The van der Waals surface area contributed by atoms with E-state index in [-0.39, 0.29) is 18.2 Å². The minimum absolute atomic E-state index is 0.00983. The van der Waals surface area contributed by atoms with Crippen molar-refractivity contribution in [2.75, 3.05) is 10.6 Å². The molecular weight excluding hydrogens is 523 g/mol. The first-order valence-corrected chi connectivity index (χ1v) is 12.4. The van der Waals surface area contributed by atoms with E-state index in [1.54, 1.807) is 48.7 Å². The Kier molecular flexibility index (Phi) is 7.22. The monoisotopic (exact) mass is 547 g/mol. The summed E-state index contributed by atoms with van der Waals surface area (Å²) in [6.45, 7) is 1.82. The molecule has 0 fully saturated rings. The highest BCUT2D eigenvalue weighted by atomic mass is 19.4. The molecule has 11 heteroatoms. The second-order valence-corrected chi connectivity index (χ2v) is 9.38. The van der Waals surface area contributed by atoms with Crippen molar-refractivity contribution >= 4 is 29.0 Å². The third kappa shape index (κ3) is 5.79. The minimum Gasteiger partial charge on any atom is -0.324 e. The van der Waals surface area contributed by atoms with E-state index in [9.17, 15) is 27.6 Å². The fraction of sp³-hybridized carbons (Fsp3) is 0.172. The smallest absolute Gasteiger partial charge is 0.324 e. The molecule has 0 bridgehead atoms. The number of Topliss-reactive ketones (excluding diaryl/α,β-unsaturated/α-hetero) is 1. The summed E-state index contributed by atoms with van der Waals surface area (Å²) in [5.74, 6) is -0.760. The second-order valence-electron chi connectivity index (χ2n) is 9.38. The number of nitrogens with one attached hydrogen (secondary N) is 3. The first-order valence-electron chi connectivity index (χ1n) is 12.4. The highest BCUT2D eigenvalue weighted by Gasteiger charge is 2.30. The van der Waals surface area contributed by atoms with Gasteiger partial charge in [-0.15, -0.1) is 0 Å². The first-order chi connectivity index (χ1) is 19.1. The lowest BCUT2D eigenvalue weighted by molar-refractivity contribution is -0.137. The zero-order valence-electron chi connectivity index (χ0n) is 21.3. The summed E-state index contributed by atoms with van der Waals surface area (Å²) < 4.78 is 40.4. The summed E-state index contributed by atoms with van der Waals surface area (Å²) >= 11 is 0. The molecule has 1 aromatic heterocycles. The normalized spacial score (nSPS) is 14.4. The van der Waals surface area contributed by atoms with Crippen molar-refractivity contribution in [2.24, 2.45) is 0 Å². The molecule has 40 heavy (non-hydrogen) atoms. The van der Waals surface area contributed by atoms with Crippen molar-refractivity contribution in [1.82, 2.24) is 15.1 Å². The zero-order chi connectivity index (χ0) is 28.4. The summed E-state index contributed by atoms with van der Waals surface area (Å²) in [6, 6.07) is 16.1. The number of amides is 2. The number of alkyl halides is 3. The van der Waals surface area contributed by atoms with Crippen molar-refractivity contribution in [1.29, 1.82) is 0 Å². The van der Waals surface area contributed by atoms with Crippen molar-refractivity contribution in [3.8, 4) is 11.1 Å². The van der Waals surface area contributed by atoms with Gasteiger partial charge in [-0.2, -0.15) is 18.3 Å². The summed E-state index contributed by atoms with van der Waals surface area (Å²) in [4.78, 5) is 37.3. The van der Waals surface area contributed by atoms with Gasteiger partial charge in [-0.1, -0.05) is 36.4 Å². The van der Waals surface area contributed by atoms with Gasteiger partial charge in [0.2, 0.25) is 5.91 Å². The van der Waals surface area contributed by atoms with E-state index < -0.39 is 23.7 Å². The third-order valence-electron chi connectivity index (χ3n) is 6.50. The number of rotatable bonds is 7. The van der Waals surface area contributed by atoms with Crippen molar-refractivity contribution in [2.45, 2.75) is 32.2 Å². The van der Waals surface area contributed by atoms with E-state index in [0.717, 1.165) is 23.3 Å². The van der Waals surface area contributed by atoms with Crippen LogP contribution in [0.1, 0.15) is 40.0 Å². The largest absolute Gasteiger partial charge is 0.416 e. The third-order valence-corrected chi connectivity index (χ3v) is 6.50. The Morgan fingerprint density at radius 3 is 2.48 bits per heavy atom. The maximum absolute atomic E-state index is 13.2. The Hall–Kier alpha value is -4.77. The van der Waals surface area contributed by atoms with Crippen LogP contribution in [0.15, 0.2) is 79.1 Å². The summed E-state index contributed by atoms with van der Waals surface area (Å²) in [5, 5.41) is 12.8. The van der Waals surface area contributed by atoms with Gasteiger partial charge in [0.15, 0.2) is 5.78 Å². The van der Waals surface area contributed by atoms with Crippen LogP contribution in [0.5, 0.6) is 0 Å². The van der Waals surface area contributed by atoms with Crippen molar-refractivity contribution in [3.05, 3.63) is 101 Å². The van der Waals surface area contributed by atoms with Gasteiger partial charge in [0, 0.05) is 30.9 Å². The SMILES string of the molecule is CC(=O)Nc1cnn(CC(=O)C2NCc3cc(NC(=O)c4ccccc4-c4ccc(C(F)(F)F)cc4)ccc32)c1. The van der Waals surface area contributed by atoms with Gasteiger partial charge >= 0.3 is 6.18 Å². The number of fused-ring (bicyclic) bond motifs is 1. The van der Waals surface area contributed by atoms with Crippen LogP contribution in [0.25, 0.3) is 11.1 Å². The van der Waals surface area contributed by atoms with Gasteiger partial charge in [0.05, 0.1) is 23.5 Å². The number of anilines is 2. The molecule has 2 amide bonds. The number of benzene rings is 3. The molecule has 3 aromatic carbocycles. The van der Waals surface area contributed by atoms with E-state index in [4.69, 9.17) is 0 Å². The van der Waals surface area contributed by atoms with Crippen LogP contribution in [-0.4, -0.2) is 27.4 Å². The van der Waals surface area contributed by atoms with Crippen LogP contribution in [0.4, 0.5) is 24.5 Å². The van der Waals surface area contributed by atoms with Gasteiger partial charge in [-0.05, 0) is 52.6 Å². The maximum atomic E-state index is 13.2. The van der Waals surface area contributed by atoms with Crippen LogP contribution in [0, 0.1) is 0 Å². The Bertz CT molecular complexity index is 1600. The molecule has 0 saturated heterocycles. The molecule has 204 valence electrons. The standard InChI is InChI=1S/C29H24F3N5O3/c1-17(38)35-22-14-34-37(15-22)16-26(39)27-24-11-10-21(12-19(24)13-33-27)36-28(40)25-5-3-2-4-23(25)18-6-8-20(9-7-18)29(30,31)32/h2-12,14-15,27,33H,13,16H2,1H3,(H,35,38)(H,36,40). The zero-order valence-corrected chi connectivity index (χ0v) is 21.3. The number of halogens is 3. The molecule has 1 unspecified atom stereocenters. The van der Waals surface area contributed by atoms with Gasteiger partial charge in [0.25, 0.3) is 5.91 Å². The average Bonchev–Trinajstić information content (AvgIpc) is 3.54. The summed E-state index contributed by atoms with van der Waals surface area (Å²) in [5.41, 5.74) is 3.21. The van der Waals surface area contributed by atoms with Gasteiger partial charge in [-0.25, -0.2) is 0 Å². The minimum atomic E-state index is -4.45. The highest BCUT2D eigenvalue weighted by Crippen LogP contribution is 2.33. The number of carbonyl (C=O) groups excluding carboxylic acids is 3. The fourth-order valence-corrected chi connectivity index (χ4v) is 4.67. The van der Waals surface area contributed by atoms with Crippen LogP contribution in [-0.2, 0) is 28.9 Å². The van der Waals surface area contributed by atoms with Crippen molar-refractivity contribution < 1.29 is 27.6 Å². The second kappa shape index (κ2) is 10.8. The molecule has 0 aliphatic carbocycles. The van der Waals surface area contributed by atoms with E-state index in [2.05, 4.69) is 21.0 Å². The van der Waals surface area contributed by atoms with Crippen LogP contribution >= 0.6 is 0 Å². The molecule has 1 atom stereocenters. The molecule has 0 saturated carbocycles. The first kappa shape index (κ1) is 26.8. The number of nitrogens with zero attached hydrogens (tertiary/aromatic N) is 2. The molecule has 3 N–H and O–H groups in total. The van der Waals surface area contributed by atoms with E-state index in [1.807, 2.05) is 0 Å². The molecule has 8 nitrogen and oxygen atoms in total. The van der Waals surface area contributed by atoms with E-state index >= 15 is 0 Å². The quantitative estimate of drug-likeness (QED) is 0.295. The maximum Gasteiger partial charge on any atom is 0.416 e. The Morgan fingerprint density at radius 1 is 1.00 bits per heavy atom. The molecule has 0 radical (unpaired) electrons. The topological polar surface area (TPSA) is 105 Å². The Balaban J connectivity index is 1.29. The van der Waals surface area contributed by atoms with Gasteiger partial charge in [-0.3, -0.25) is 24.4 Å². The molecule has 4 aromatic rings. The van der Waals surface area contributed by atoms with E-state index in [0.29, 0.717) is 34.6 Å². The highest BCUT2D eigenvalue weighted by molar-refractivity contribution is 6.08. The Morgan fingerprint density at radius 2 is 1.75 bits per heavy atom. The summed E-state index contributed by atoms with van der Waals surface area (Å²) in [6.07, 6.45) is -1.40. The van der Waals surface area contributed by atoms with Crippen LogP contribution in [0.3, 0.4) is 0 Å². The molecule has 5 rings (SSSR count). The average molecular weight is 548 g/mol. The number of hydrogen-bond donors (Lipinski definition) is 3. The predicted octanol–water partition coefficient (Wildman–Crippen LogP) is 5.19. The number of hydrogen-bond acceptors (Lipinski definition) is 5. The Labute approximate surface area is 227 Å². The number of ketones is 1. The lowest BCUT2D eigenvalue weighted by atomic mass is 9.97. The van der Waals surface area contributed by atoms with E-state index in [1.165, 1.54) is 29.9 Å².